The lowest BCUT2D eigenvalue weighted by Crippen LogP contribution is -2.37. The van der Waals surface area contributed by atoms with E-state index in [1.54, 1.807) is 13.0 Å². The molecule has 0 aromatic rings. The number of carbonyl (C=O) groups is 1. The van der Waals surface area contributed by atoms with Crippen LogP contribution in [0.25, 0.3) is 0 Å². The Hall–Kier alpha value is -0.830. The van der Waals surface area contributed by atoms with Gasteiger partial charge in [0.1, 0.15) is 0 Å². The van der Waals surface area contributed by atoms with E-state index in [0.717, 1.165) is 19.6 Å². The van der Waals surface area contributed by atoms with Crippen LogP contribution < -0.4 is 0 Å². The van der Waals surface area contributed by atoms with Crippen LogP contribution >= 0.6 is 0 Å². The summed E-state index contributed by atoms with van der Waals surface area (Å²) in [7, 11) is 0. The summed E-state index contributed by atoms with van der Waals surface area (Å²) in [5, 5.41) is 8.50. The Morgan fingerprint density at radius 2 is 2.27 bits per heavy atom. The molecule has 0 saturated carbocycles. The van der Waals surface area contributed by atoms with Gasteiger partial charge in [-0.2, -0.15) is 0 Å². The van der Waals surface area contributed by atoms with Crippen molar-refractivity contribution in [1.82, 2.24) is 4.90 Å². The third-order valence-corrected chi connectivity index (χ3v) is 1.94. The van der Waals surface area contributed by atoms with Crippen molar-refractivity contribution >= 4 is 5.97 Å². The summed E-state index contributed by atoms with van der Waals surface area (Å²) in [5.41, 5.74) is 0.442. The first-order valence-electron chi connectivity index (χ1n) is 3.82. The first-order chi connectivity index (χ1) is 5.20. The molecule has 1 N–H and O–H groups in total. The van der Waals surface area contributed by atoms with Gasteiger partial charge in [-0.05, 0) is 26.4 Å². The second kappa shape index (κ2) is 3.53. The summed E-state index contributed by atoms with van der Waals surface area (Å²) in [6.07, 6.45) is 3.02. The fourth-order valence-corrected chi connectivity index (χ4v) is 0.918. The van der Waals surface area contributed by atoms with Crippen molar-refractivity contribution in [1.29, 1.82) is 0 Å². The molecule has 0 aliphatic carbocycles. The molecular weight excluding hydrogens is 142 g/mol. The van der Waals surface area contributed by atoms with Crippen LogP contribution in [-0.4, -0.2) is 35.6 Å². The standard InChI is InChI=1S/C8H13NO2/c1-7(8(10)11)3-6-9-4-2-5-9/h3H,2,4-6H2,1H3,(H,10,11)/b7-3+. The Bertz CT molecular complexity index is 183. The van der Waals surface area contributed by atoms with Gasteiger partial charge >= 0.3 is 5.97 Å². The van der Waals surface area contributed by atoms with Gasteiger partial charge < -0.3 is 5.11 Å². The number of likely N-dealkylation sites (tertiary alicyclic amines) is 1. The number of rotatable bonds is 3. The van der Waals surface area contributed by atoms with Gasteiger partial charge in [0.15, 0.2) is 0 Å². The van der Waals surface area contributed by atoms with E-state index in [0.29, 0.717) is 5.57 Å². The number of aliphatic carboxylic acids is 1. The van der Waals surface area contributed by atoms with E-state index in [1.165, 1.54) is 6.42 Å². The van der Waals surface area contributed by atoms with Gasteiger partial charge in [-0.25, -0.2) is 4.79 Å². The van der Waals surface area contributed by atoms with E-state index < -0.39 is 5.97 Å². The molecule has 0 amide bonds. The first kappa shape index (κ1) is 8.27. The molecular formula is C8H13NO2. The summed E-state index contributed by atoms with van der Waals surface area (Å²) >= 11 is 0. The molecule has 1 aliphatic rings. The van der Waals surface area contributed by atoms with Crippen LogP contribution in [0, 0.1) is 0 Å². The maximum atomic E-state index is 10.3. The molecule has 62 valence electrons. The number of nitrogens with zero attached hydrogens (tertiary/aromatic N) is 1. The molecule has 3 nitrogen and oxygen atoms in total. The number of carboxylic acid groups (broad SMARTS) is 1. The monoisotopic (exact) mass is 155 g/mol. The molecule has 0 atom stereocenters. The summed E-state index contributed by atoms with van der Waals surface area (Å²) < 4.78 is 0. The van der Waals surface area contributed by atoms with Crippen LogP contribution in [0.2, 0.25) is 0 Å². The Labute approximate surface area is 66.3 Å². The minimum Gasteiger partial charge on any atom is -0.478 e. The van der Waals surface area contributed by atoms with Crippen LogP contribution in [0.5, 0.6) is 0 Å². The van der Waals surface area contributed by atoms with E-state index in [1.807, 2.05) is 0 Å². The maximum Gasteiger partial charge on any atom is 0.330 e. The van der Waals surface area contributed by atoms with Crippen LogP contribution in [0.15, 0.2) is 11.6 Å². The molecule has 0 aromatic heterocycles. The van der Waals surface area contributed by atoms with E-state index >= 15 is 0 Å². The summed E-state index contributed by atoms with van der Waals surface area (Å²) in [6, 6.07) is 0. The Kier molecular flexibility index (Phi) is 2.65. The van der Waals surface area contributed by atoms with Crippen molar-refractivity contribution in [3.8, 4) is 0 Å². The highest BCUT2D eigenvalue weighted by molar-refractivity contribution is 5.85. The van der Waals surface area contributed by atoms with Gasteiger partial charge in [0.2, 0.25) is 0 Å². The first-order valence-corrected chi connectivity index (χ1v) is 3.82. The van der Waals surface area contributed by atoms with E-state index in [9.17, 15) is 4.79 Å². The molecule has 3 heteroatoms. The highest BCUT2D eigenvalue weighted by Gasteiger charge is 2.11. The van der Waals surface area contributed by atoms with Gasteiger partial charge in [-0.15, -0.1) is 0 Å². The molecule has 1 saturated heterocycles. The minimum absolute atomic E-state index is 0.442. The molecule has 0 spiro atoms. The lowest BCUT2D eigenvalue weighted by atomic mass is 10.2. The topological polar surface area (TPSA) is 40.5 Å². The lowest BCUT2D eigenvalue weighted by molar-refractivity contribution is -0.132. The Morgan fingerprint density at radius 3 is 2.64 bits per heavy atom. The van der Waals surface area contributed by atoms with E-state index in [-0.39, 0.29) is 0 Å². The van der Waals surface area contributed by atoms with E-state index in [4.69, 9.17) is 5.11 Å². The van der Waals surface area contributed by atoms with Crippen LogP contribution in [0.3, 0.4) is 0 Å². The van der Waals surface area contributed by atoms with Gasteiger partial charge in [-0.3, -0.25) is 4.90 Å². The summed E-state index contributed by atoms with van der Waals surface area (Å²) in [6.45, 7) is 4.65. The summed E-state index contributed by atoms with van der Waals surface area (Å²) in [5.74, 6) is -0.814. The van der Waals surface area contributed by atoms with Crippen molar-refractivity contribution in [3.63, 3.8) is 0 Å². The quantitative estimate of drug-likeness (QED) is 0.610. The second-order valence-corrected chi connectivity index (χ2v) is 2.85. The average molecular weight is 155 g/mol. The molecule has 11 heavy (non-hydrogen) atoms. The number of hydrogen-bond donors (Lipinski definition) is 1. The second-order valence-electron chi connectivity index (χ2n) is 2.85. The van der Waals surface area contributed by atoms with Crippen molar-refractivity contribution in [3.05, 3.63) is 11.6 Å². The third-order valence-electron chi connectivity index (χ3n) is 1.94. The van der Waals surface area contributed by atoms with Gasteiger partial charge in [0, 0.05) is 12.1 Å². The molecule has 1 fully saturated rings. The maximum absolute atomic E-state index is 10.3. The van der Waals surface area contributed by atoms with Crippen LogP contribution in [-0.2, 0) is 4.79 Å². The molecule has 1 aliphatic heterocycles. The van der Waals surface area contributed by atoms with E-state index in [2.05, 4.69) is 4.90 Å². The third kappa shape index (κ3) is 2.35. The van der Waals surface area contributed by atoms with Crippen molar-refractivity contribution in [2.75, 3.05) is 19.6 Å². The molecule has 1 rings (SSSR count). The van der Waals surface area contributed by atoms with Gasteiger partial charge in [-0.1, -0.05) is 6.08 Å². The lowest BCUT2D eigenvalue weighted by Gasteiger charge is -2.29. The zero-order valence-electron chi connectivity index (χ0n) is 6.71. The van der Waals surface area contributed by atoms with Gasteiger partial charge in [0.05, 0.1) is 0 Å². The number of carboxylic acids is 1. The predicted octanol–water partition coefficient (Wildman–Crippen LogP) is 0.723. The summed E-state index contributed by atoms with van der Waals surface area (Å²) in [4.78, 5) is 12.5. The largest absolute Gasteiger partial charge is 0.478 e. The molecule has 0 radical (unpaired) electrons. The highest BCUT2D eigenvalue weighted by atomic mass is 16.4. The van der Waals surface area contributed by atoms with Crippen molar-refractivity contribution in [2.24, 2.45) is 0 Å². The smallest absolute Gasteiger partial charge is 0.330 e. The van der Waals surface area contributed by atoms with Gasteiger partial charge in [0.25, 0.3) is 0 Å². The minimum atomic E-state index is -0.814. The fourth-order valence-electron chi connectivity index (χ4n) is 0.918. The van der Waals surface area contributed by atoms with Crippen molar-refractivity contribution < 1.29 is 9.90 Å². The zero-order valence-corrected chi connectivity index (χ0v) is 6.71. The zero-order chi connectivity index (χ0) is 8.27. The fraction of sp³-hybridized carbons (Fsp3) is 0.625. The van der Waals surface area contributed by atoms with Crippen LogP contribution in [0.4, 0.5) is 0 Å². The normalized spacial score (nSPS) is 19.5. The van der Waals surface area contributed by atoms with Crippen LogP contribution in [0.1, 0.15) is 13.3 Å². The molecule has 1 heterocycles. The predicted molar refractivity (Wildman–Crippen MR) is 42.4 cm³/mol. The SMILES string of the molecule is C/C(=C\CN1CCC1)C(=O)O. The van der Waals surface area contributed by atoms with Crippen molar-refractivity contribution in [2.45, 2.75) is 13.3 Å². The number of hydrogen-bond acceptors (Lipinski definition) is 2. The molecule has 0 bridgehead atoms. The molecule has 0 aromatic carbocycles. The Balaban J connectivity index is 2.27. The average Bonchev–Trinajstić information content (AvgIpc) is 1.83. The highest BCUT2D eigenvalue weighted by Crippen LogP contribution is 2.05. The Morgan fingerprint density at radius 1 is 1.64 bits per heavy atom. The molecule has 0 unspecified atom stereocenters.